The number of ketones is 1. The first-order valence-electron chi connectivity index (χ1n) is 6.13. The summed E-state index contributed by atoms with van der Waals surface area (Å²) < 4.78 is 0. The van der Waals surface area contributed by atoms with Gasteiger partial charge in [-0.3, -0.25) is 9.59 Å². The summed E-state index contributed by atoms with van der Waals surface area (Å²) in [5.74, 6) is -0.196. The lowest BCUT2D eigenvalue weighted by Crippen LogP contribution is -2.34. The van der Waals surface area contributed by atoms with Gasteiger partial charge in [-0.25, -0.2) is 0 Å². The Kier molecular flexibility index (Phi) is 3.71. The number of halogens is 1. The first-order valence-corrected chi connectivity index (χ1v) is 6.67. The lowest BCUT2D eigenvalue weighted by molar-refractivity contribution is -0.114. The molecule has 0 saturated heterocycles. The Labute approximate surface area is 112 Å². The van der Waals surface area contributed by atoms with Crippen LogP contribution in [0.3, 0.4) is 0 Å². The number of benzene rings is 1. The van der Waals surface area contributed by atoms with Crippen LogP contribution in [0.1, 0.15) is 29.8 Å². The molecule has 1 aromatic rings. The van der Waals surface area contributed by atoms with Crippen molar-refractivity contribution in [3.63, 3.8) is 0 Å². The molecule has 1 unspecified atom stereocenters. The molecule has 2 rings (SSSR count). The molecule has 1 aliphatic rings. The van der Waals surface area contributed by atoms with Crippen LogP contribution in [0.2, 0.25) is 0 Å². The predicted molar refractivity (Wildman–Crippen MR) is 72.4 cm³/mol. The molecule has 1 heterocycles. The SMILES string of the molecule is CCc1ccc2c(c1)C(=O)C(=O)N2CC(C)CCl. The minimum Gasteiger partial charge on any atom is -0.304 e. The normalized spacial score (nSPS) is 16.1. The van der Waals surface area contributed by atoms with E-state index in [1.807, 2.05) is 32.0 Å². The summed E-state index contributed by atoms with van der Waals surface area (Å²) in [4.78, 5) is 25.4. The number of aryl methyl sites for hydroxylation is 1. The van der Waals surface area contributed by atoms with Crippen LogP contribution in [0.5, 0.6) is 0 Å². The van der Waals surface area contributed by atoms with Gasteiger partial charge in [0.05, 0.1) is 11.3 Å². The molecular weight excluding hydrogens is 250 g/mol. The van der Waals surface area contributed by atoms with Gasteiger partial charge in [-0.15, -0.1) is 11.6 Å². The minimum atomic E-state index is -0.435. The number of amides is 1. The van der Waals surface area contributed by atoms with Gasteiger partial charge in [0, 0.05) is 12.4 Å². The molecule has 0 aromatic heterocycles. The zero-order valence-electron chi connectivity index (χ0n) is 10.6. The Balaban J connectivity index is 2.37. The van der Waals surface area contributed by atoms with Gasteiger partial charge in [-0.2, -0.15) is 0 Å². The summed E-state index contributed by atoms with van der Waals surface area (Å²) in [7, 11) is 0. The minimum absolute atomic E-state index is 0.167. The second kappa shape index (κ2) is 5.11. The molecule has 96 valence electrons. The summed E-state index contributed by atoms with van der Waals surface area (Å²) >= 11 is 5.77. The average molecular weight is 266 g/mol. The molecule has 0 spiro atoms. The van der Waals surface area contributed by atoms with Crippen molar-refractivity contribution >= 4 is 29.0 Å². The maximum absolute atomic E-state index is 11.9. The van der Waals surface area contributed by atoms with Crippen LogP contribution >= 0.6 is 11.6 Å². The van der Waals surface area contributed by atoms with Gasteiger partial charge < -0.3 is 4.90 Å². The quantitative estimate of drug-likeness (QED) is 0.620. The van der Waals surface area contributed by atoms with Gasteiger partial charge in [0.15, 0.2) is 0 Å². The van der Waals surface area contributed by atoms with Gasteiger partial charge in [-0.05, 0) is 30.0 Å². The molecule has 1 atom stereocenters. The average Bonchev–Trinajstić information content (AvgIpc) is 2.63. The van der Waals surface area contributed by atoms with Crippen molar-refractivity contribution in [2.45, 2.75) is 20.3 Å². The van der Waals surface area contributed by atoms with Crippen molar-refractivity contribution in [3.8, 4) is 0 Å². The van der Waals surface area contributed by atoms with Crippen molar-refractivity contribution in [2.75, 3.05) is 17.3 Å². The van der Waals surface area contributed by atoms with Gasteiger partial charge in [0.1, 0.15) is 0 Å². The van der Waals surface area contributed by atoms with E-state index in [1.54, 1.807) is 4.90 Å². The largest absolute Gasteiger partial charge is 0.304 e. The van der Waals surface area contributed by atoms with Crippen LogP contribution in [0.4, 0.5) is 5.69 Å². The number of rotatable bonds is 4. The number of anilines is 1. The fraction of sp³-hybridized carbons (Fsp3) is 0.429. The second-order valence-corrected chi connectivity index (χ2v) is 5.02. The van der Waals surface area contributed by atoms with Crippen LogP contribution < -0.4 is 4.90 Å². The van der Waals surface area contributed by atoms with E-state index in [4.69, 9.17) is 11.6 Å². The highest BCUT2D eigenvalue weighted by molar-refractivity contribution is 6.52. The predicted octanol–water partition coefficient (Wildman–Crippen LogP) is 2.65. The van der Waals surface area contributed by atoms with Gasteiger partial charge in [0.25, 0.3) is 11.7 Å². The van der Waals surface area contributed by atoms with E-state index >= 15 is 0 Å². The van der Waals surface area contributed by atoms with E-state index in [0.29, 0.717) is 18.0 Å². The number of carbonyl (C=O) groups excluding carboxylic acids is 2. The first-order chi connectivity index (χ1) is 8.58. The first kappa shape index (κ1) is 13.1. The van der Waals surface area contributed by atoms with Crippen LogP contribution in [0, 0.1) is 5.92 Å². The summed E-state index contributed by atoms with van der Waals surface area (Å²) in [6.45, 7) is 4.48. The Bertz CT molecular complexity index is 499. The molecule has 0 N–H and O–H groups in total. The highest BCUT2D eigenvalue weighted by atomic mass is 35.5. The second-order valence-electron chi connectivity index (χ2n) is 4.71. The molecule has 0 radical (unpaired) electrons. The molecule has 4 heteroatoms. The van der Waals surface area contributed by atoms with E-state index in [-0.39, 0.29) is 5.92 Å². The molecule has 3 nitrogen and oxygen atoms in total. The molecule has 1 aliphatic heterocycles. The number of Topliss-reactive ketones (excluding diaryl/α,β-unsaturated/α-hetero) is 1. The lowest BCUT2D eigenvalue weighted by atomic mass is 10.1. The van der Waals surface area contributed by atoms with Gasteiger partial charge >= 0.3 is 0 Å². The number of nitrogens with zero attached hydrogens (tertiary/aromatic N) is 1. The smallest absolute Gasteiger partial charge is 0.299 e. The molecule has 18 heavy (non-hydrogen) atoms. The summed E-state index contributed by atoms with van der Waals surface area (Å²) in [5.41, 5.74) is 2.32. The van der Waals surface area contributed by atoms with Crippen molar-refractivity contribution in [1.82, 2.24) is 0 Å². The van der Waals surface area contributed by atoms with Crippen LogP contribution in [0.25, 0.3) is 0 Å². The maximum Gasteiger partial charge on any atom is 0.299 e. The van der Waals surface area contributed by atoms with E-state index in [9.17, 15) is 9.59 Å². The zero-order chi connectivity index (χ0) is 13.3. The van der Waals surface area contributed by atoms with Crippen LogP contribution in [0.15, 0.2) is 18.2 Å². The van der Waals surface area contributed by atoms with Crippen LogP contribution in [-0.2, 0) is 11.2 Å². The Morgan fingerprint density at radius 3 is 2.67 bits per heavy atom. The topological polar surface area (TPSA) is 37.4 Å². The lowest BCUT2D eigenvalue weighted by Gasteiger charge is -2.19. The summed E-state index contributed by atoms with van der Waals surface area (Å²) in [6.07, 6.45) is 0.854. The Hall–Kier alpha value is -1.35. The van der Waals surface area contributed by atoms with Crippen molar-refractivity contribution in [3.05, 3.63) is 29.3 Å². The number of carbonyl (C=O) groups is 2. The third kappa shape index (κ3) is 2.15. The maximum atomic E-state index is 11.9. The third-order valence-corrected chi connectivity index (χ3v) is 3.73. The molecule has 0 saturated carbocycles. The number of alkyl halides is 1. The fourth-order valence-corrected chi connectivity index (χ4v) is 2.21. The van der Waals surface area contributed by atoms with Gasteiger partial charge in [-0.1, -0.05) is 19.9 Å². The van der Waals surface area contributed by atoms with E-state index < -0.39 is 11.7 Å². The summed E-state index contributed by atoms with van der Waals surface area (Å²) in [5, 5.41) is 0. The molecule has 0 fully saturated rings. The molecule has 0 aliphatic carbocycles. The van der Waals surface area contributed by atoms with Crippen molar-refractivity contribution in [2.24, 2.45) is 5.92 Å². The van der Waals surface area contributed by atoms with E-state index in [1.165, 1.54) is 0 Å². The van der Waals surface area contributed by atoms with E-state index in [2.05, 4.69) is 0 Å². The van der Waals surface area contributed by atoms with Crippen molar-refractivity contribution < 1.29 is 9.59 Å². The molecular formula is C14H16ClNO2. The standard InChI is InChI=1S/C14H16ClNO2/c1-3-10-4-5-12-11(6-10)13(17)14(18)16(12)8-9(2)7-15/h4-6,9H,3,7-8H2,1-2H3. The van der Waals surface area contributed by atoms with Gasteiger partial charge in [0.2, 0.25) is 0 Å². The number of fused-ring (bicyclic) bond motifs is 1. The van der Waals surface area contributed by atoms with E-state index in [0.717, 1.165) is 17.7 Å². The van der Waals surface area contributed by atoms with Crippen molar-refractivity contribution in [1.29, 1.82) is 0 Å². The zero-order valence-corrected chi connectivity index (χ0v) is 11.3. The third-order valence-electron chi connectivity index (χ3n) is 3.20. The highest BCUT2D eigenvalue weighted by Crippen LogP contribution is 2.30. The number of hydrogen-bond donors (Lipinski definition) is 0. The molecule has 1 amide bonds. The molecule has 1 aromatic carbocycles. The molecule has 0 bridgehead atoms. The Morgan fingerprint density at radius 1 is 1.33 bits per heavy atom. The number of hydrogen-bond acceptors (Lipinski definition) is 2. The Morgan fingerprint density at radius 2 is 2.06 bits per heavy atom. The highest BCUT2D eigenvalue weighted by Gasteiger charge is 2.36. The monoisotopic (exact) mass is 265 g/mol. The summed E-state index contributed by atoms with van der Waals surface area (Å²) in [6, 6.07) is 5.64. The fourth-order valence-electron chi connectivity index (χ4n) is 2.11. The van der Waals surface area contributed by atoms with Crippen LogP contribution in [-0.4, -0.2) is 24.1 Å².